The summed E-state index contributed by atoms with van der Waals surface area (Å²) < 4.78 is 0. The van der Waals surface area contributed by atoms with Crippen LogP contribution >= 0.6 is 0 Å². The highest BCUT2D eigenvalue weighted by Crippen LogP contribution is 2.27. The molecule has 0 spiro atoms. The van der Waals surface area contributed by atoms with E-state index in [-0.39, 0.29) is 5.91 Å². The van der Waals surface area contributed by atoms with Gasteiger partial charge in [-0.3, -0.25) is 4.79 Å². The number of amides is 1. The van der Waals surface area contributed by atoms with E-state index in [0.717, 1.165) is 16.3 Å². The molecule has 0 fully saturated rings. The molecule has 25 heavy (non-hydrogen) atoms. The largest absolute Gasteiger partial charge is 0.271 e. The molecular formula is C22H16N2O. The first kappa shape index (κ1) is 15.1. The van der Waals surface area contributed by atoms with Crippen molar-refractivity contribution in [1.82, 2.24) is 5.43 Å². The molecule has 0 saturated heterocycles. The lowest BCUT2D eigenvalue weighted by atomic mass is 9.98. The van der Waals surface area contributed by atoms with Crippen LogP contribution in [0.25, 0.3) is 21.5 Å². The number of nitrogens with one attached hydrogen (secondary N) is 1. The molecule has 0 saturated carbocycles. The second-order valence-corrected chi connectivity index (χ2v) is 5.80. The molecule has 0 radical (unpaired) electrons. The van der Waals surface area contributed by atoms with Crippen LogP contribution in [-0.2, 0) is 0 Å². The summed E-state index contributed by atoms with van der Waals surface area (Å²) in [7, 11) is 0. The maximum Gasteiger partial charge on any atom is 0.271 e. The Morgan fingerprint density at radius 1 is 0.760 bits per heavy atom. The molecule has 0 atom stereocenters. The van der Waals surface area contributed by atoms with Crippen molar-refractivity contribution >= 4 is 33.7 Å². The molecule has 1 amide bonds. The third-order valence-corrected chi connectivity index (χ3v) is 4.21. The van der Waals surface area contributed by atoms with E-state index in [4.69, 9.17) is 0 Å². The van der Waals surface area contributed by atoms with Gasteiger partial charge in [0.05, 0.1) is 6.21 Å². The van der Waals surface area contributed by atoms with E-state index in [1.165, 1.54) is 10.8 Å². The summed E-state index contributed by atoms with van der Waals surface area (Å²) in [6, 6.07) is 27.6. The van der Waals surface area contributed by atoms with E-state index in [1.54, 1.807) is 18.3 Å². The van der Waals surface area contributed by atoms with Gasteiger partial charge in [-0.15, -0.1) is 0 Å². The lowest BCUT2D eigenvalue weighted by Crippen LogP contribution is -2.17. The Kier molecular flexibility index (Phi) is 3.97. The van der Waals surface area contributed by atoms with Gasteiger partial charge in [0, 0.05) is 11.1 Å². The Hall–Kier alpha value is -3.46. The minimum absolute atomic E-state index is 0.220. The fraction of sp³-hybridized carbons (Fsp3) is 0. The van der Waals surface area contributed by atoms with E-state index in [1.807, 2.05) is 42.5 Å². The molecule has 0 aliphatic carbocycles. The van der Waals surface area contributed by atoms with Crippen molar-refractivity contribution in [3.05, 3.63) is 96.1 Å². The van der Waals surface area contributed by atoms with Gasteiger partial charge >= 0.3 is 0 Å². The number of nitrogens with zero attached hydrogens (tertiary/aromatic N) is 1. The number of carbonyl (C=O) groups excluding carboxylic acids is 1. The molecule has 3 heteroatoms. The predicted octanol–water partition coefficient (Wildman–Crippen LogP) is 4.76. The molecule has 0 bridgehead atoms. The second kappa shape index (κ2) is 6.57. The quantitative estimate of drug-likeness (QED) is 0.329. The zero-order valence-corrected chi connectivity index (χ0v) is 13.5. The van der Waals surface area contributed by atoms with Crippen molar-refractivity contribution in [2.75, 3.05) is 0 Å². The number of rotatable bonds is 3. The first-order valence-electron chi connectivity index (χ1n) is 8.12. The number of benzene rings is 4. The van der Waals surface area contributed by atoms with Crippen molar-refractivity contribution < 1.29 is 4.79 Å². The van der Waals surface area contributed by atoms with Gasteiger partial charge in [-0.25, -0.2) is 5.43 Å². The second-order valence-electron chi connectivity index (χ2n) is 5.80. The molecule has 1 N–H and O–H groups in total. The molecule has 0 aromatic heterocycles. The van der Waals surface area contributed by atoms with Gasteiger partial charge in [0.25, 0.3) is 5.91 Å². The number of hydrogen-bond donors (Lipinski definition) is 1. The maximum atomic E-state index is 12.1. The molecule has 0 aliphatic rings. The fourth-order valence-electron chi connectivity index (χ4n) is 3.00. The summed E-state index contributed by atoms with van der Waals surface area (Å²) in [5, 5.41) is 8.80. The molecule has 0 aliphatic heterocycles. The van der Waals surface area contributed by atoms with Crippen LogP contribution < -0.4 is 5.43 Å². The standard InChI is InChI=1S/C22H16N2O/c25-22(16-8-2-1-3-9-16)24-23-15-18-14-17-10-4-5-11-19(17)21-13-7-6-12-20(18)21/h1-15H,(H,24,25)/b23-15+. The van der Waals surface area contributed by atoms with Crippen molar-refractivity contribution in [3.8, 4) is 0 Å². The summed E-state index contributed by atoms with van der Waals surface area (Å²) in [4.78, 5) is 12.1. The molecule has 0 unspecified atom stereocenters. The number of hydrogen-bond acceptors (Lipinski definition) is 2. The third kappa shape index (κ3) is 3.00. The van der Waals surface area contributed by atoms with Gasteiger partial charge in [0.2, 0.25) is 0 Å². The van der Waals surface area contributed by atoms with Gasteiger partial charge < -0.3 is 0 Å². The summed E-state index contributed by atoms with van der Waals surface area (Å²) in [5.74, 6) is -0.220. The summed E-state index contributed by atoms with van der Waals surface area (Å²) in [6.45, 7) is 0. The van der Waals surface area contributed by atoms with Crippen LogP contribution in [-0.4, -0.2) is 12.1 Å². The van der Waals surface area contributed by atoms with Gasteiger partial charge in [-0.2, -0.15) is 5.10 Å². The Labute approximate surface area is 145 Å². The highest BCUT2D eigenvalue weighted by Gasteiger charge is 2.05. The predicted molar refractivity (Wildman–Crippen MR) is 103 cm³/mol. The van der Waals surface area contributed by atoms with E-state index in [0.29, 0.717) is 5.56 Å². The highest BCUT2D eigenvalue weighted by atomic mass is 16.2. The number of hydrazone groups is 1. The SMILES string of the molecule is O=C(N/N=C/c1cc2ccccc2c2ccccc12)c1ccccc1. The summed E-state index contributed by atoms with van der Waals surface area (Å²) >= 11 is 0. The summed E-state index contributed by atoms with van der Waals surface area (Å²) in [6.07, 6.45) is 1.70. The Bertz CT molecular complexity index is 1080. The van der Waals surface area contributed by atoms with Gasteiger partial charge in [-0.05, 0) is 39.7 Å². The lowest BCUT2D eigenvalue weighted by molar-refractivity contribution is 0.0955. The van der Waals surface area contributed by atoms with Crippen molar-refractivity contribution in [3.63, 3.8) is 0 Å². The third-order valence-electron chi connectivity index (χ3n) is 4.21. The molecule has 4 rings (SSSR count). The lowest BCUT2D eigenvalue weighted by Gasteiger charge is -2.07. The Morgan fingerprint density at radius 3 is 2.20 bits per heavy atom. The van der Waals surface area contributed by atoms with E-state index in [9.17, 15) is 4.79 Å². The van der Waals surface area contributed by atoms with Crippen LogP contribution in [0.4, 0.5) is 0 Å². The smallest absolute Gasteiger partial charge is 0.267 e. The average Bonchev–Trinajstić information content (AvgIpc) is 2.68. The van der Waals surface area contributed by atoms with Crippen LogP contribution in [0.2, 0.25) is 0 Å². The van der Waals surface area contributed by atoms with Crippen LogP contribution in [0.15, 0.2) is 90.0 Å². The molecule has 4 aromatic carbocycles. The molecule has 120 valence electrons. The first-order chi connectivity index (χ1) is 12.3. The molecular weight excluding hydrogens is 308 g/mol. The molecule has 0 heterocycles. The van der Waals surface area contributed by atoms with Crippen LogP contribution in [0.1, 0.15) is 15.9 Å². The highest BCUT2D eigenvalue weighted by molar-refractivity contribution is 6.14. The summed E-state index contributed by atoms with van der Waals surface area (Å²) in [5.41, 5.74) is 4.15. The fourth-order valence-corrected chi connectivity index (χ4v) is 3.00. The average molecular weight is 324 g/mol. The molecule has 4 aromatic rings. The minimum atomic E-state index is -0.220. The maximum absolute atomic E-state index is 12.1. The van der Waals surface area contributed by atoms with E-state index < -0.39 is 0 Å². The monoisotopic (exact) mass is 324 g/mol. The Balaban J connectivity index is 1.70. The van der Waals surface area contributed by atoms with Crippen molar-refractivity contribution in [2.45, 2.75) is 0 Å². The van der Waals surface area contributed by atoms with E-state index in [2.05, 4.69) is 40.9 Å². The van der Waals surface area contributed by atoms with Crippen molar-refractivity contribution in [1.29, 1.82) is 0 Å². The van der Waals surface area contributed by atoms with Gasteiger partial charge in [-0.1, -0.05) is 66.7 Å². The zero-order valence-electron chi connectivity index (χ0n) is 13.5. The zero-order chi connectivity index (χ0) is 17.1. The van der Waals surface area contributed by atoms with Gasteiger partial charge in [0.15, 0.2) is 0 Å². The molecule has 3 nitrogen and oxygen atoms in total. The van der Waals surface area contributed by atoms with Crippen molar-refractivity contribution in [2.24, 2.45) is 5.10 Å². The van der Waals surface area contributed by atoms with Gasteiger partial charge in [0.1, 0.15) is 0 Å². The minimum Gasteiger partial charge on any atom is -0.267 e. The van der Waals surface area contributed by atoms with Crippen LogP contribution in [0.5, 0.6) is 0 Å². The normalized spacial score (nSPS) is 11.2. The van der Waals surface area contributed by atoms with Crippen LogP contribution in [0.3, 0.4) is 0 Å². The number of fused-ring (bicyclic) bond motifs is 3. The first-order valence-corrected chi connectivity index (χ1v) is 8.12. The topological polar surface area (TPSA) is 41.5 Å². The number of carbonyl (C=O) groups is 1. The van der Waals surface area contributed by atoms with Crippen LogP contribution in [0, 0.1) is 0 Å². The Morgan fingerprint density at radius 2 is 1.40 bits per heavy atom. The van der Waals surface area contributed by atoms with E-state index >= 15 is 0 Å².